The Kier molecular flexibility index (Phi) is 5.29. The van der Waals surface area contributed by atoms with Gasteiger partial charge in [0.1, 0.15) is 11.6 Å². The standard InChI is InChI=1S/C21H30N4O2/c1-12(2)18(19(22)26)24-20(27)21(25-13(3)4)10-9-17-15(11-21)14-7-5-6-8-16(14)23-17/h5-8,12-13,18,23,25H,9-11H2,1-4H3,(H2,22,26)(H,24,27)/t18-,21-/m0/s1. The highest BCUT2D eigenvalue weighted by atomic mass is 16.2. The summed E-state index contributed by atoms with van der Waals surface area (Å²) in [6, 6.07) is 7.64. The molecule has 0 fully saturated rings. The second-order valence-electron chi connectivity index (χ2n) is 8.28. The third-order valence-corrected chi connectivity index (χ3v) is 5.44. The highest BCUT2D eigenvalue weighted by molar-refractivity contribution is 5.94. The second-order valence-corrected chi connectivity index (χ2v) is 8.28. The lowest BCUT2D eigenvalue weighted by Crippen LogP contribution is -2.64. The number of primary amides is 1. The summed E-state index contributed by atoms with van der Waals surface area (Å²) in [6.07, 6.45) is 2.03. The number of aromatic amines is 1. The Bertz CT molecular complexity index is 855. The van der Waals surface area contributed by atoms with E-state index in [0.29, 0.717) is 12.8 Å². The number of carbonyl (C=O) groups is 2. The monoisotopic (exact) mass is 370 g/mol. The van der Waals surface area contributed by atoms with E-state index in [1.54, 1.807) is 0 Å². The number of H-pyrrole nitrogens is 1. The molecule has 0 saturated heterocycles. The molecule has 1 aromatic carbocycles. The number of aryl methyl sites for hydroxylation is 1. The van der Waals surface area contributed by atoms with Crippen molar-refractivity contribution in [2.24, 2.45) is 11.7 Å². The Morgan fingerprint density at radius 2 is 1.89 bits per heavy atom. The fraction of sp³-hybridized carbons (Fsp3) is 0.524. The van der Waals surface area contributed by atoms with Gasteiger partial charge in [0.15, 0.2) is 0 Å². The van der Waals surface area contributed by atoms with E-state index in [0.717, 1.165) is 17.3 Å². The van der Waals surface area contributed by atoms with Gasteiger partial charge >= 0.3 is 0 Å². The zero-order valence-electron chi connectivity index (χ0n) is 16.6. The summed E-state index contributed by atoms with van der Waals surface area (Å²) in [6.45, 7) is 7.84. The van der Waals surface area contributed by atoms with Gasteiger partial charge in [-0.2, -0.15) is 0 Å². The lowest BCUT2D eigenvalue weighted by Gasteiger charge is -2.39. The number of aromatic nitrogens is 1. The minimum absolute atomic E-state index is 0.0604. The normalized spacial score (nSPS) is 20.7. The molecule has 3 rings (SSSR count). The molecule has 1 aliphatic carbocycles. The molecule has 5 N–H and O–H groups in total. The fourth-order valence-electron chi connectivity index (χ4n) is 4.18. The van der Waals surface area contributed by atoms with Crippen molar-refractivity contribution in [3.8, 4) is 0 Å². The minimum Gasteiger partial charge on any atom is -0.368 e. The number of fused-ring (bicyclic) bond motifs is 3. The van der Waals surface area contributed by atoms with Crippen LogP contribution < -0.4 is 16.4 Å². The van der Waals surface area contributed by atoms with E-state index in [1.165, 1.54) is 11.3 Å². The van der Waals surface area contributed by atoms with Crippen molar-refractivity contribution in [1.82, 2.24) is 15.6 Å². The number of amides is 2. The maximum absolute atomic E-state index is 13.4. The Morgan fingerprint density at radius 3 is 2.52 bits per heavy atom. The van der Waals surface area contributed by atoms with Crippen LogP contribution in [0.2, 0.25) is 0 Å². The van der Waals surface area contributed by atoms with Crippen LogP contribution in [-0.4, -0.2) is 34.4 Å². The zero-order valence-corrected chi connectivity index (χ0v) is 16.6. The third-order valence-electron chi connectivity index (χ3n) is 5.44. The first kappa shape index (κ1) is 19.4. The summed E-state index contributed by atoms with van der Waals surface area (Å²) in [5.74, 6) is -0.707. The van der Waals surface area contributed by atoms with Crippen LogP contribution in [0, 0.1) is 5.92 Å². The summed E-state index contributed by atoms with van der Waals surface area (Å²) in [4.78, 5) is 28.6. The number of rotatable bonds is 6. The molecule has 27 heavy (non-hydrogen) atoms. The number of nitrogens with two attached hydrogens (primary N) is 1. The highest BCUT2D eigenvalue weighted by Gasteiger charge is 2.44. The molecule has 0 aliphatic heterocycles. The summed E-state index contributed by atoms with van der Waals surface area (Å²) < 4.78 is 0. The molecular formula is C21H30N4O2. The van der Waals surface area contributed by atoms with Crippen molar-refractivity contribution in [3.05, 3.63) is 35.5 Å². The fourth-order valence-corrected chi connectivity index (χ4v) is 4.18. The topological polar surface area (TPSA) is 100 Å². The molecule has 1 aromatic heterocycles. The molecule has 146 valence electrons. The molecule has 0 radical (unpaired) electrons. The first-order valence-corrected chi connectivity index (χ1v) is 9.70. The predicted molar refractivity (Wildman–Crippen MR) is 107 cm³/mol. The minimum atomic E-state index is -0.755. The lowest BCUT2D eigenvalue weighted by atomic mass is 9.78. The van der Waals surface area contributed by atoms with Crippen LogP contribution in [0.4, 0.5) is 0 Å². The SMILES string of the molecule is CC(C)N[C@@]1(C(=O)N[C@H](C(N)=O)C(C)C)CCc2[nH]c3ccccc3c2C1. The van der Waals surface area contributed by atoms with E-state index in [-0.39, 0.29) is 17.9 Å². The van der Waals surface area contributed by atoms with E-state index in [9.17, 15) is 9.59 Å². The van der Waals surface area contributed by atoms with Crippen LogP contribution in [-0.2, 0) is 22.4 Å². The maximum Gasteiger partial charge on any atom is 0.241 e. The van der Waals surface area contributed by atoms with Gasteiger partial charge < -0.3 is 21.4 Å². The van der Waals surface area contributed by atoms with Crippen LogP contribution in [0.3, 0.4) is 0 Å². The summed E-state index contributed by atoms with van der Waals surface area (Å²) in [5, 5.41) is 7.57. The van der Waals surface area contributed by atoms with Crippen LogP contribution in [0.25, 0.3) is 10.9 Å². The number of hydrogen-bond donors (Lipinski definition) is 4. The van der Waals surface area contributed by atoms with E-state index < -0.39 is 17.5 Å². The molecule has 0 bridgehead atoms. The van der Waals surface area contributed by atoms with E-state index >= 15 is 0 Å². The molecule has 0 unspecified atom stereocenters. The first-order chi connectivity index (χ1) is 12.7. The average Bonchev–Trinajstić information content (AvgIpc) is 2.96. The number of nitrogens with one attached hydrogen (secondary N) is 3. The third kappa shape index (κ3) is 3.72. The smallest absolute Gasteiger partial charge is 0.241 e. The first-order valence-electron chi connectivity index (χ1n) is 9.70. The molecular weight excluding hydrogens is 340 g/mol. The van der Waals surface area contributed by atoms with Gasteiger partial charge in [-0.1, -0.05) is 32.0 Å². The maximum atomic E-state index is 13.4. The number of benzene rings is 1. The quantitative estimate of drug-likeness (QED) is 0.626. The van der Waals surface area contributed by atoms with Crippen molar-refractivity contribution in [2.75, 3.05) is 0 Å². The van der Waals surface area contributed by atoms with Crippen molar-refractivity contribution in [2.45, 2.75) is 64.6 Å². The van der Waals surface area contributed by atoms with Gasteiger partial charge in [-0.15, -0.1) is 0 Å². The van der Waals surface area contributed by atoms with Gasteiger partial charge in [-0.25, -0.2) is 0 Å². The van der Waals surface area contributed by atoms with Gasteiger partial charge in [0.2, 0.25) is 11.8 Å². The van der Waals surface area contributed by atoms with Gasteiger partial charge in [0.05, 0.1) is 0 Å². The number of carbonyl (C=O) groups excluding carboxylic acids is 2. The molecule has 2 aromatic rings. The van der Waals surface area contributed by atoms with Crippen molar-refractivity contribution in [3.63, 3.8) is 0 Å². The Labute approximate surface area is 160 Å². The Morgan fingerprint density at radius 1 is 1.19 bits per heavy atom. The molecule has 2 amide bonds. The zero-order chi connectivity index (χ0) is 19.8. The molecule has 0 saturated carbocycles. The number of hydrogen-bond acceptors (Lipinski definition) is 3. The Hall–Kier alpha value is -2.34. The predicted octanol–water partition coefficient (Wildman–Crippen LogP) is 2.02. The van der Waals surface area contributed by atoms with Gasteiger partial charge in [-0.3, -0.25) is 9.59 Å². The molecule has 2 atom stereocenters. The average molecular weight is 370 g/mol. The largest absolute Gasteiger partial charge is 0.368 e. The van der Waals surface area contributed by atoms with E-state index in [4.69, 9.17) is 5.73 Å². The van der Waals surface area contributed by atoms with E-state index in [2.05, 4.69) is 27.8 Å². The summed E-state index contributed by atoms with van der Waals surface area (Å²) >= 11 is 0. The summed E-state index contributed by atoms with van der Waals surface area (Å²) in [7, 11) is 0. The number of para-hydroxylation sites is 1. The molecule has 1 aliphatic rings. The van der Waals surface area contributed by atoms with Gasteiger partial charge in [0.25, 0.3) is 0 Å². The van der Waals surface area contributed by atoms with Crippen molar-refractivity contribution >= 4 is 22.7 Å². The van der Waals surface area contributed by atoms with Crippen LogP contribution >= 0.6 is 0 Å². The Balaban J connectivity index is 1.96. The van der Waals surface area contributed by atoms with Crippen LogP contribution in [0.5, 0.6) is 0 Å². The molecule has 6 nitrogen and oxygen atoms in total. The van der Waals surface area contributed by atoms with E-state index in [1.807, 2.05) is 39.8 Å². The second kappa shape index (κ2) is 7.35. The highest BCUT2D eigenvalue weighted by Crippen LogP contribution is 2.34. The summed E-state index contributed by atoms with van der Waals surface area (Å²) in [5.41, 5.74) is 8.23. The van der Waals surface area contributed by atoms with Crippen LogP contribution in [0.15, 0.2) is 24.3 Å². The molecule has 0 spiro atoms. The van der Waals surface area contributed by atoms with Crippen LogP contribution in [0.1, 0.15) is 45.4 Å². The van der Waals surface area contributed by atoms with Crippen molar-refractivity contribution in [1.29, 1.82) is 0 Å². The molecule has 1 heterocycles. The van der Waals surface area contributed by atoms with Gasteiger partial charge in [0, 0.05) is 29.1 Å². The molecule has 6 heteroatoms. The lowest BCUT2D eigenvalue weighted by molar-refractivity contribution is -0.133. The van der Waals surface area contributed by atoms with Gasteiger partial charge in [-0.05, 0) is 44.2 Å². The van der Waals surface area contributed by atoms with Crippen molar-refractivity contribution < 1.29 is 9.59 Å².